The second kappa shape index (κ2) is 8.67. The van der Waals surface area contributed by atoms with E-state index in [4.69, 9.17) is 5.11 Å². The van der Waals surface area contributed by atoms with Gasteiger partial charge in [0.25, 0.3) is 0 Å². The van der Waals surface area contributed by atoms with Crippen molar-refractivity contribution in [3.8, 4) is 0 Å². The van der Waals surface area contributed by atoms with Gasteiger partial charge in [-0.15, -0.1) is 0 Å². The van der Waals surface area contributed by atoms with Gasteiger partial charge in [-0.1, -0.05) is 19.1 Å². The van der Waals surface area contributed by atoms with Crippen LogP contribution in [0.2, 0.25) is 0 Å². The molecule has 0 unspecified atom stereocenters. The van der Waals surface area contributed by atoms with Gasteiger partial charge in [0.05, 0.1) is 5.92 Å². The van der Waals surface area contributed by atoms with Crippen molar-refractivity contribution in [1.29, 1.82) is 0 Å². The Morgan fingerprint density at radius 2 is 1.87 bits per heavy atom. The lowest BCUT2D eigenvalue weighted by Crippen LogP contribution is -2.37. The van der Waals surface area contributed by atoms with Crippen LogP contribution in [0.15, 0.2) is 24.3 Å². The first-order chi connectivity index (χ1) is 11.1. The molecule has 1 aliphatic rings. The smallest absolute Gasteiger partial charge is 0.306 e. The molecule has 5 nitrogen and oxygen atoms in total. The van der Waals surface area contributed by atoms with Crippen molar-refractivity contribution >= 4 is 17.6 Å². The Morgan fingerprint density at radius 3 is 2.43 bits per heavy atom. The summed E-state index contributed by atoms with van der Waals surface area (Å²) in [6.45, 7) is 4.67. The number of nitrogens with one attached hydrogen (secondary N) is 1. The van der Waals surface area contributed by atoms with Gasteiger partial charge < -0.3 is 15.3 Å². The van der Waals surface area contributed by atoms with Gasteiger partial charge >= 0.3 is 5.97 Å². The summed E-state index contributed by atoms with van der Waals surface area (Å²) in [6.07, 6.45) is 3.84. The summed E-state index contributed by atoms with van der Waals surface area (Å²) < 4.78 is 0. The molecule has 0 atom stereocenters. The minimum absolute atomic E-state index is 0.0570. The third-order valence-electron chi connectivity index (χ3n) is 4.37. The summed E-state index contributed by atoms with van der Waals surface area (Å²) in [5.41, 5.74) is 2.08. The average Bonchev–Trinajstić information content (AvgIpc) is 2.55. The van der Waals surface area contributed by atoms with Gasteiger partial charge in [-0.25, -0.2) is 0 Å². The Kier molecular flexibility index (Phi) is 6.59. The predicted molar refractivity (Wildman–Crippen MR) is 90.5 cm³/mol. The maximum Gasteiger partial charge on any atom is 0.306 e. The molecule has 2 rings (SSSR count). The molecule has 1 aromatic rings. The summed E-state index contributed by atoms with van der Waals surface area (Å²) in [6, 6.07) is 7.98. The summed E-state index contributed by atoms with van der Waals surface area (Å²) in [7, 11) is 0. The Labute approximate surface area is 137 Å². The quantitative estimate of drug-likeness (QED) is 0.811. The van der Waals surface area contributed by atoms with Gasteiger partial charge in [-0.3, -0.25) is 9.59 Å². The van der Waals surface area contributed by atoms with Crippen LogP contribution >= 0.6 is 0 Å². The number of piperidine rings is 1. The van der Waals surface area contributed by atoms with Gasteiger partial charge in [0.1, 0.15) is 0 Å². The molecule has 1 aromatic carbocycles. The van der Waals surface area contributed by atoms with Crippen molar-refractivity contribution in [2.45, 2.75) is 39.0 Å². The normalized spacial score (nSPS) is 16.2. The number of anilines is 1. The summed E-state index contributed by atoms with van der Waals surface area (Å²) >= 11 is 0. The molecule has 1 amide bonds. The first-order valence-electron chi connectivity index (χ1n) is 8.42. The second-order valence-electron chi connectivity index (χ2n) is 6.20. The number of nitrogens with zero attached hydrogens (tertiary/aromatic N) is 1. The van der Waals surface area contributed by atoms with E-state index in [1.54, 1.807) is 0 Å². The van der Waals surface area contributed by atoms with Crippen molar-refractivity contribution in [1.82, 2.24) is 4.90 Å². The maximum atomic E-state index is 11.5. The largest absolute Gasteiger partial charge is 0.481 e. The number of carboxylic acids is 1. The number of carboxylic acid groups (broad SMARTS) is 1. The van der Waals surface area contributed by atoms with E-state index in [0.717, 1.165) is 51.0 Å². The van der Waals surface area contributed by atoms with Crippen LogP contribution in [0.4, 0.5) is 5.69 Å². The number of aliphatic carboxylic acids is 1. The van der Waals surface area contributed by atoms with Crippen molar-refractivity contribution in [3.05, 3.63) is 29.8 Å². The van der Waals surface area contributed by atoms with Crippen molar-refractivity contribution in [2.75, 3.05) is 25.0 Å². The van der Waals surface area contributed by atoms with Gasteiger partial charge in [-0.2, -0.15) is 0 Å². The molecule has 1 heterocycles. The molecule has 1 fully saturated rings. The van der Waals surface area contributed by atoms with Crippen LogP contribution in [0.3, 0.4) is 0 Å². The van der Waals surface area contributed by atoms with Crippen LogP contribution in [-0.4, -0.2) is 41.5 Å². The molecule has 1 aliphatic heterocycles. The number of rotatable bonds is 7. The number of benzene rings is 1. The van der Waals surface area contributed by atoms with Crippen LogP contribution in [0.1, 0.15) is 38.2 Å². The lowest BCUT2D eigenvalue weighted by atomic mass is 9.97. The van der Waals surface area contributed by atoms with Gasteiger partial charge in [0.15, 0.2) is 0 Å². The maximum absolute atomic E-state index is 11.5. The van der Waals surface area contributed by atoms with E-state index >= 15 is 0 Å². The molecule has 0 aromatic heterocycles. The minimum atomic E-state index is -0.662. The average molecular weight is 318 g/mol. The van der Waals surface area contributed by atoms with E-state index in [0.29, 0.717) is 6.42 Å². The lowest BCUT2D eigenvalue weighted by Gasteiger charge is -2.29. The zero-order valence-corrected chi connectivity index (χ0v) is 13.8. The first kappa shape index (κ1) is 17.5. The van der Waals surface area contributed by atoms with Crippen LogP contribution in [0.25, 0.3) is 0 Å². The lowest BCUT2D eigenvalue weighted by molar-refractivity contribution is -0.143. The van der Waals surface area contributed by atoms with Gasteiger partial charge in [0.2, 0.25) is 5.91 Å². The van der Waals surface area contributed by atoms with Crippen LogP contribution in [0, 0.1) is 5.92 Å². The van der Waals surface area contributed by atoms with Crippen molar-refractivity contribution in [3.63, 3.8) is 0 Å². The Balaban J connectivity index is 1.74. The Hall–Kier alpha value is -1.88. The fraction of sp³-hybridized carbons (Fsp3) is 0.556. The van der Waals surface area contributed by atoms with E-state index in [1.807, 2.05) is 31.2 Å². The third-order valence-corrected chi connectivity index (χ3v) is 4.37. The fourth-order valence-electron chi connectivity index (χ4n) is 2.90. The number of carbonyl (C=O) groups is 2. The highest BCUT2D eigenvalue weighted by Crippen LogP contribution is 2.18. The highest BCUT2D eigenvalue weighted by Gasteiger charge is 2.23. The Morgan fingerprint density at radius 1 is 1.22 bits per heavy atom. The van der Waals surface area contributed by atoms with Crippen molar-refractivity contribution < 1.29 is 14.7 Å². The minimum Gasteiger partial charge on any atom is -0.481 e. The van der Waals surface area contributed by atoms with E-state index in [9.17, 15) is 9.59 Å². The molecule has 0 aliphatic carbocycles. The molecule has 0 radical (unpaired) electrons. The summed E-state index contributed by atoms with van der Waals surface area (Å²) in [5.74, 6) is -0.774. The number of carbonyl (C=O) groups excluding carboxylic acids is 1. The topological polar surface area (TPSA) is 69.6 Å². The second-order valence-corrected chi connectivity index (χ2v) is 6.20. The summed E-state index contributed by atoms with van der Waals surface area (Å²) in [5, 5.41) is 11.9. The van der Waals surface area contributed by atoms with Gasteiger partial charge in [0, 0.05) is 18.7 Å². The van der Waals surface area contributed by atoms with Gasteiger partial charge in [-0.05, 0) is 56.5 Å². The predicted octanol–water partition coefficient (Wildman–Crippen LogP) is 2.76. The molecule has 0 spiro atoms. The Bertz CT molecular complexity index is 520. The molecular weight excluding hydrogens is 292 g/mol. The number of likely N-dealkylation sites (tertiary alicyclic amines) is 1. The van der Waals surface area contributed by atoms with E-state index < -0.39 is 5.97 Å². The van der Waals surface area contributed by atoms with E-state index in [-0.39, 0.29) is 11.8 Å². The first-order valence-corrected chi connectivity index (χ1v) is 8.42. The SMILES string of the molecule is CCCC(=O)Nc1ccc(CCN2CCC(C(=O)O)CC2)cc1. The highest BCUT2D eigenvalue weighted by atomic mass is 16.4. The van der Waals surface area contributed by atoms with Crippen LogP contribution in [-0.2, 0) is 16.0 Å². The molecular formula is C18H26N2O3. The standard InChI is InChI=1S/C18H26N2O3/c1-2-3-17(21)19-16-6-4-14(5-7-16)8-11-20-12-9-15(10-13-20)18(22)23/h4-7,15H,2-3,8-13H2,1H3,(H,19,21)(H,22,23). The zero-order chi connectivity index (χ0) is 16.7. The monoisotopic (exact) mass is 318 g/mol. The third kappa shape index (κ3) is 5.67. The number of amides is 1. The molecule has 0 bridgehead atoms. The van der Waals surface area contributed by atoms with E-state index in [2.05, 4.69) is 10.2 Å². The van der Waals surface area contributed by atoms with Crippen LogP contribution in [0.5, 0.6) is 0 Å². The fourth-order valence-corrected chi connectivity index (χ4v) is 2.90. The highest BCUT2D eigenvalue weighted by molar-refractivity contribution is 5.90. The molecule has 126 valence electrons. The molecule has 0 saturated carbocycles. The zero-order valence-electron chi connectivity index (χ0n) is 13.8. The molecule has 2 N–H and O–H groups in total. The number of hydrogen-bond donors (Lipinski definition) is 2. The summed E-state index contributed by atoms with van der Waals surface area (Å²) in [4.78, 5) is 24.8. The molecule has 5 heteroatoms. The van der Waals surface area contributed by atoms with E-state index in [1.165, 1.54) is 5.56 Å². The molecule has 1 saturated heterocycles. The molecule has 23 heavy (non-hydrogen) atoms. The van der Waals surface area contributed by atoms with Crippen LogP contribution < -0.4 is 5.32 Å². The van der Waals surface area contributed by atoms with Crippen molar-refractivity contribution in [2.24, 2.45) is 5.92 Å². The number of hydrogen-bond acceptors (Lipinski definition) is 3.